The molecule has 1 aliphatic carbocycles. The smallest absolute Gasteiger partial charge is 0.409 e. The molecule has 1 aliphatic heterocycles. The molecule has 1 saturated heterocycles. The van der Waals surface area contributed by atoms with Gasteiger partial charge in [-0.15, -0.1) is 0 Å². The van der Waals surface area contributed by atoms with Gasteiger partial charge in [-0.25, -0.2) is 4.79 Å². The van der Waals surface area contributed by atoms with Crippen molar-refractivity contribution in [3.8, 4) is 34.7 Å². The number of rotatable bonds is 4. The fourth-order valence-electron chi connectivity index (χ4n) is 3.86. The molecular formula is C25H26N4O4. The number of nitriles is 1. The average molecular weight is 447 g/mol. The molecule has 1 aromatic heterocycles. The number of fused-ring (bicyclic) bond motifs is 1. The van der Waals surface area contributed by atoms with Crippen LogP contribution >= 0.6 is 0 Å². The molecule has 2 aliphatic rings. The van der Waals surface area contributed by atoms with Crippen LogP contribution in [0.2, 0.25) is 0 Å². The van der Waals surface area contributed by atoms with Crippen molar-refractivity contribution in [2.75, 3.05) is 20.2 Å². The van der Waals surface area contributed by atoms with E-state index in [0.29, 0.717) is 35.2 Å². The third kappa shape index (κ3) is 4.98. The van der Waals surface area contributed by atoms with E-state index in [1.54, 1.807) is 24.1 Å². The van der Waals surface area contributed by atoms with E-state index in [2.05, 4.69) is 27.0 Å². The van der Waals surface area contributed by atoms with E-state index in [0.717, 1.165) is 24.9 Å². The van der Waals surface area contributed by atoms with Crippen molar-refractivity contribution in [2.24, 2.45) is 0 Å². The molecule has 1 amide bonds. The molecule has 0 spiro atoms. The highest BCUT2D eigenvalue weighted by Crippen LogP contribution is 2.32. The number of likely N-dealkylation sites (N-methyl/N-ethyl adjacent to an activating group) is 1. The van der Waals surface area contributed by atoms with Gasteiger partial charge in [-0.05, 0) is 62.4 Å². The number of carbonyl (C=O) groups excluding carboxylic acids is 1. The van der Waals surface area contributed by atoms with Gasteiger partial charge in [-0.2, -0.15) is 10.2 Å². The van der Waals surface area contributed by atoms with Gasteiger partial charge in [0.15, 0.2) is 0 Å². The summed E-state index contributed by atoms with van der Waals surface area (Å²) < 4.78 is 15.7. The Morgan fingerprint density at radius 3 is 2.73 bits per heavy atom. The number of cyclic esters (lactones) is 1. The van der Waals surface area contributed by atoms with Crippen LogP contribution in [0.1, 0.15) is 37.0 Å². The van der Waals surface area contributed by atoms with Crippen LogP contribution in [0.25, 0.3) is 22.8 Å². The number of hydrogen-bond acceptors (Lipinski definition) is 7. The van der Waals surface area contributed by atoms with E-state index >= 15 is 0 Å². The summed E-state index contributed by atoms with van der Waals surface area (Å²) in [5.41, 5.74) is 4.89. The van der Waals surface area contributed by atoms with Gasteiger partial charge in [0.2, 0.25) is 5.82 Å². The molecule has 3 aromatic rings. The first-order valence-corrected chi connectivity index (χ1v) is 11.0. The Morgan fingerprint density at radius 1 is 1.21 bits per heavy atom. The number of hydrogen-bond donors (Lipinski definition) is 0. The topological polar surface area (TPSA) is 101 Å². The molecule has 5 rings (SSSR count). The molecule has 33 heavy (non-hydrogen) atoms. The molecule has 8 nitrogen and oxygen atoms in total. The normalized spacial score (nSPS) is 14.4. The lowest BCUT2D eigenvalue weighted by Gasteiger charge is -2.11. The second-order valence-electron chi connectivity index (χ2n) is 8.25. The van der Waals surface area contributed by atoms with Gasteiger partial charge in [-0.1, -0.05) is 23.4 Å². The maximum atomic E-state index is 10.3. The van der Waals surface area contributed by atoms with Crippen LogP contribution in [0.3, 0.4) is 0 Å². The molecule has 2 heterocycles. The summed E-state index contributed by atoms with van der Waals surface area (Å²) in [6, 6.07) is 13.8. The Kier molecular flexibility index (Phi) is 6.59. The molecule has 0 N–H and O–H groups in total. The second-order valence-corrected chi connectivity index (χ2v) is 8.25. The van der Waals surface area contributed by atoms with Crippen LogP contribution in [0.4, 0.5) is 4.79 Å². The number of amides is 1. The number of benzene rings is 2. The largest absolute Gasteiger partial charge is 0.490 e. The van der Waals surface area contributed by atoms with Gasteiger partial charge >= 0.3 is 6.09 Å². The number of aromatic nitrogens is 2. The van der Waals surface area contributed by atoms with Gasteiger partial charge in [0.25, 0.3) is 5.89 Å². The molecule has 170 valence electrons. The summed E-state index contributed by atoms with van der Waals surface area (Å²) in [7, 11) is 1.72. The lowest BCUT2D eigenvalue weighted by atomic mass is 10.0. The lowest BCUT2D eigenvalue weighted by Crippen LogP contribution is -2.17. The van der Waals surface area contributed by atoms with Crippen molar-refractivity contribution in [1.82, 2.24) is 15.0 Å². The van der Waals surface area contributed by atoms with Crippen molar-refractivity contribution in [1.29, 1.82) is 5.26 Å². The first-order valence-electron chi connectivity index (χ1n) is 11.0. The molecule has 0 bridgehead atoms. The fourth-order valence-corrected chi connectivity index (χ4v) is 3.86. The number of nitrogens with zero attached hydrogens (tertiary/aromatic N) is 4. The van der Waals surface area contributed by atoms with Crippen LogP contribution in [-0.4, -0.2) is 47.4 Å². The van der Waals surface area contributed by atoms with E-state index in [1.807, 2.05) is 32.0 Å². The zero-order valence-electron chi connectivity index (χ0n) is 19.0. The average Bonchev–Trinajstić information content (AvgIpc) is 3.56. The third-order valence-electron chi connectivity index (χ3n) is 5.49. The Morgan fingerprint density at radius 2 is 2.06 bits per heavy atom. The quantitative estimate of drug-likeness (QED) is 0.576. The molecule has 2 aromatic carbocycles. The molecule has 8 heteroatoms. The number of ether oxygens (including phenoxy) is 2. The van der Waals surface area contributed by atoms with Gasteiger partial charge < -0.3 is 18.9 Å². The van der Waals surface area contributed by atoms with E-state index in [9.17, 15) is 10.1 Å². The van der Waals surface area contributed by atoms with E-state index in [-0.39, 0.29) is 12.2 Å². The predicted molar refractivity (Wildman–Crippen MR) is 122 cm³/mol. The minimum Gasteiger partial charge on any atom is -0.490 e. The van der Waals surface area contributed by atoms with E-state index in [1.165, 1.54) is 17.5 Å². The Bertz CT molecular complexity index is 1200. The standard InChI is InChI=1S/C21H19N3O2.C4H7NO2/c1-13(2)25-19-10-9-15(11-16(19)12-22)21-23-20(24-26-21)18-8-4-6-14-5-3-7-17(14)18;1-5-2-3-7-4(5)6/h4,6,8-11,13H,3,5,7H2,1-2H3;2-3H2,1H3. The SMILES string of the molecule is CC(C)Oc1ccc(-c2nc(-c3cccc4c3CCC4)no2)cc1C#N.CN1CCOC1=O. The highest BCUT2D eigenvalue weighted by atomic mass is 16.6. The molecule has 0 radical (unpaired) electrons. The minimum absolute atomic E-state index is 0.00290. The summed E-state index contributed by atoms with van der Waals surface area (Å²) in [5.74, 6) is 1.56. The molecular weight excluding hydrogens is 420 g/mol. The first-order chi connectivity index (χ1) is 16.0. The fraction of sp³-hybridized carbons (Fsp3) is 0.360. The number of carbonyl (C=O) groups is 1. The van der Waals surface area contributed by atoms with Gasteiger partial charge in [0.1, 0.15) is 18.4 Å². The monoisotopic (exact) mass is 446 g/mol. The molecule has 0 atom stereocenters. The minimum atomic E-state index is -0.208. The highest BCUT2D eigenvalue weighted by Gasteiger charge is 2.20. The molecule has 0 saturated carbocycles. The van der Waals surface area contributed by atoms with Crippen molar-refractivity contribution in [2.45, 2.75) is 39.2 Å². The Hall–Kier alpha value is -3.86. The van der Waals surface area contributed by atoms with Crippen molar-refractivity contribution in [3.63, 3.8) is 0 Å². The third-order valence-corrected chi connectivity index (χ3v) is 5.49. The zero-order valence-corrected chi connectivity index (χ0v) is 19.0. The summed E-state index contributed by atoms with van der Waals surface area (Å²) in [4.78, 5) is 16.4. The summed E-state index contributed by atoms with van der Waals surface area (Å²) in [6.07, 6.45) is 3.12. The molecule has 1 fully saturated rings. The van der Waals surface area contributed by atoms with Gasteiger partial charge in [-0.3, -0.25) is 0 Å². The van der Waals surface area contributed by atoms with Crippen LogP contribution in [-0.2, 0) is 17.6 Å². The first kappa shape index (κ1) is 22.3. The van der Waals surface area contributed by atoms with Gasteiger partial charge in [0, 0.05) is 18.2 Å². The van der Waals surface area contributed by atoms with Crippen LogP contribution in [0.15, 0.2) is 40.9 Å². The van der Waals surface area contributed by atoms with E-state index in [4.69, 9.17) is 9.26 Å². The van der Waals surface area contributed by atoms with Gasteiger partial charge in [0.05, 0.1) is 18.2 Å². The van der Waals surface area contributed by atoms with Crippen molar-refractivity contribution >= 4 is 6.09 Å². The number of aryl methyl sites for hydroxylation is 1. The van der Waals surface area contributed by atoms with E-state index < -0.39 is 0 Å². The maximum Gasteiger partial charge on any atom is 0.409 e. The second kappa shape index (κ2) is 9.74. The Balaban J connectivity index is 0.000000318. The molecule has 0 unspecified atom stereocenters. The predicted octanol–water partition coefficient (Wildman–Crippen LogP) is 4.62. The van der Waals surface area contributed by atoms with Crippen molar-refractivity contribution < 1.29 is 18.8 Å². The van der Waals surface area contributed by atoms with Crippen molar-refractivity contribution in [3.05, 3.63) is 53.1 Å². The zero-order chi connectivity index (χ0) is 23.4. The Labute approximate surface area is 192 Å². The van der Waals surface area contributed by atoms with Crippen LogP contribution in [0.5, 0.6) is 5.75 Å². The maximum absolute atomic E-state index is 10.3. The summed E-state index contributed by atoms with van der Waals surface area (Å²) in [6.45, 7) is 5.14. The van der Waals surface area contributed by atoms with Crippen LogP contribution < -0.4 is 4.74 Å². The highest BCUT2D eigenvalue weighted by molar-refractivity contribution is 5.69. The summed E-state index contributed by atoms with van der Waals surface area (Å²) in [5, 5.41) is 13.6. The lowest BCUT2D eigenvalue weighted by molar-refractivity contribution is 0.163. The van der Waals surface area contributed by atoms with Crippen LogP contribution in [0, 0.1) is 11.3 Å². The summed E-state index contributed by atoms with van der Waals surface area (Å²) >= 11 is 0.